The zero-order valence-electron chi connectivity index (χ0n) is 25.8. The molecule has 11 heteroatoms. The van der Waals surface area contributed by atoms with Crippen molar-refractivity contribution in [3.05, 3.63) is 65.4 Å². The Morgan fingerprint density at radius 2 is 1.89 bits per heavy atom. The SMILES string of the molecule is CC1=NN=C(C(=O)N2CC[C@H](Oc3ccc(-c4nccc(Nc5ccc(C6CCN(C)CC6)c(C)c5)n4)cc3C#N)[C@H](F)C2)C1. The number of hydrogen-bond donors (Lipinski definition) is 1. The van der Waals surface area contributed by atoms with E-state index in [4.69, 9.17) is 9.72 Å². The van der Waals surface area contributed by atoms with Crippen LogP contribution in [-0.4, -0.2) is 82.6 Å². The summed E-state index contributed by atoms with van der Waals surface area (Å²) in [5, 5.41) is 21.1. The van der Waals surface area contributed by atoms with Crippen LogP contribution in [0.4, 0.5) is 15.9 Å². The molecule has 0 bridgehead atoms. The monoisotopic (exact) mass is 608 g/mol. The molecule has 2 atom stereocenters. The number of hydrogen-bond acceptors (Lipinski definition) is 9. The summed E-state index contributed by atoms with van der Waals surface area (Å²) in [5.74, 6) is 1.67. The molecular weight excluding hydrogens is 571 g/mol. The molecule has 6 rings (SSSR count). The molecule has 3 aliphatic heterocycles. The maximum atomic E-state index is 15.2. The topological polar surface area (TPSA) is 119 Å². The fourth-order valence-corrected chi connectivity index (χ4v) is 6.23. The number of carbonyl (C=O) groups is 1. The molecule has 3 aromatic rings. The lowest BCUT2D eigenvalue weighted by atomic mass is 9.87. The molecule has 45 heavy (non-hydrogen) atoms. The Hall–Kier alpha value is -4.69. The van der Waals surface area contributed by atoms with E-state index in [0.29, 0.717) is 48.2 Å². The molecule has 1 aromatic heterocycles. The number of carbonyl (C=O) groups excluding carboxylic acids is 1. The van der Waals surface area contributed by atoms with Crippen molar-refractivity contribution in [3.8, 4) is 23.2 Å². The molecule has 232 valence electrons. The van der Waals surface area contributed by atoms with Gasteiger partial charge in [-0.3, -0.25) is 4.79 Å². The summed E-state index contributed by atoms with van der Waals surface area (Å²) in [4.78, 5) is 25.7. The Morgan fingerprint density at radius 3 is 2.60 bits per heavy atom. The van der Waals surface area contributed by atoms with E-state index in [1.807, 2.05) is 0 Å². The molecule has 3 aliphatic rings. The largest absolute Gasteiger partial charge is 0.486 e. The third kappa shape index (κ3) is 6.86. The number of benzene rings is 2. The smallest absolute Gasteiger partial charge is 0.270 e. The number of nitrogens with zero attached hydrogens (tertiary/aromatic N) is 7. The van der Waals surface area contributed by atoms with Gasteiger partial charge in [0.05, 0.1) is 12.1 Å². The zero-order chi connectivity index (χ0) is 31.5. The van der Waals surface area contributed by atoms with Crippen molar-refractivity contribution in [2.24, 2.45) is 10.2 Å². The minimum Gasteiger partial charge on any atom is -0.486 e. The van der Waals surface area contributed by atoms with Crippen molar-refractivity contribution in [1.82, 2.24) is 19.8 Å². The van der Waals surface area contributed by atoms with Crippen LogP contribution in [0.1, 0.15) is 55.2 Å². The molecule has 0 aliphatic carbocycles. The summed E-state index contributed by atoms with van der Waals surface area (Å²) in [6, 6.07) is 15.5. The van der Waals surface area contributed by atoms with Crippen LogP contribution in [0.3, 0.4) is 0 Å². The van der Waals surface area contributed by atoms with Gasteiger partial charge in [0, 0.05) is 42.5 Å². The third-order valence-corrected chi connectivity index (χ3v) is 8.77. The predicted octanol–water partition coefficient (Wildman–Crippen LogP) is 5.41. The number of likely N-dealkylation sites (tertiary alicyclic amines) is 2. The first kappa shape index (κ1) is 30.3. The van der Waals surface area contributed by atoms with Crippen molar-refractivity contribution in [3.63, 3.8) is 0 Å². The average Bonchev–Trinajstić information content (AvgIpc) is 3.48. The summed E-state index contributed by atoms with van der Waals surface area (Å²) < 4.78 is 21.1. The highest BCUT2D eigenvalue weighted by molar-refractivity contribution is 6.43. The van der Waals surface area contributed by atoms with Gasteiger partial charge >= 0.3 is 0 Å². The van der Waals surface area contributed by atoms with Crippen LogP contribution < -0.4 is 10.1 Å². The van der Waals surface area contributed by atoms with Crippen LogP contribution in [0.25, 0.3) is 11.4 Å². The number of aromatic nitrogens is 2. The van der Waals surface area contributed by atoms with E-state index in [1.54, 1.807) is 37.4 Å². The predicted molar refractivity (Wildman–Crippen MR) is 172 cm³/mol. The lowest BCUT2D eigenvalue weighted by molar-refractivity contribution is -0.127. The Balaban J connectivity index is 1.10. The van der Waals surface area contributed by atoms with E-state index in [9.17, 15) is 10.1 Å². The van der Waals surface area contributed by atoms with Gasteiger partial charge in [-0.05, 0) is 100 Å². The van der Waals surface area contributed by atoms with E-state index in [0.717, 1.165) is 24.5 Å². The molecule has 0 spiro atoms. The van der Waals surface area contributed by atoms with E-state index < -0.39 is 12.3 Å². The number of rotatable bonds is 7. The number of alkyl halides is 1. The highest BCUT2D eigenvalue weighted by atomic mass is 19.1. The van der Waals surface area contributed by atoms with Crippen LogP contribution in [0.5, 0.6) is 5.75 Å². The number of amides is 1. The van der Waals surface area contributed by atoms with Gasteiger partial charge in [-0.2, -0.15) is 10.4 Å². The maximum Gasteiger partial charge on any atom is 0.270 e. The van der Waals surface area contributed by atoms with Crippen molar-refractivity contribution in [2.45, 2.75) is 57.7 Å². The molecule has 0 unspecified atom stereocenters. The second-order valence-corrected chi connectivity index (χ2v) is 12.1. The number of aryl methyl sites for hydroxylation is 1. The summed E-state index contributed by atoms with van der Waals surface area (Å²) in [6.07, 6.45) is 2.51. The van der Waals surface area contributed by atoms with E-state index >= 15 is 4.39 Å². The number of nitriles is 1. The first-order chi connectivity index (χ1) is 21.8. The molecule has 0 saturated carbocycles. The Morgan fingerprint density at radius 1 is 1.07 bits per heavy atom. The third-order valence-electron chi connectivity index (χ3n) is 8.77. The lowest BCUT2D eigenvalue weighted by Gasteiger charge is -2.34. The molecule has 2 saturated heterocycles. The standard InChI is InChI=1S/C34H37FN8O2/c1-21-16-26(5-6-27(21)23-9-13-42(3)14-10-23)38-32-8-12-37-33(39-32)24-4-7-30(25(18-24)19-36)45-31-11-15-43(20-28(31)35)34(44)29-17-22(2)40-41-29/h4-8,12,16,18,23,28,31H,9-11,13-15,17,20H2,1-3H3,(H,37,38,39)/t28-,31+/m1/s1. The molecule has 1 N–H and O–H groups in total. The Kier molecular flexibility index (Phi) is 8.85. The summed E-state index contributed by atoms with van der Waals surface area (Å²) in [7, 11) is 2.18. The average molecular weight is 609 g/mol. The van der Waals surface area contributed by atoms with Crippen LogP contribution in [-0.2, 0) is 4.79 Å². The molecule has 0 radical (unpaired) electrons. The number of nitrogens with one attached hydrogen (secondary N) is 1. The maximum absolute atomic E-state index is 15.2. The van der Waals surface area contributed by atoms with Crippen LogP contribution >= 0.6 is 0 Å². The molecule has 2 fully saturated rings. The van der Waals surface area contributed by atoms with Crippen LogP contribution in [0.15, 0.2) is 58.9 Å². The van der Waals surface area contributed by atoms with E-state index in [-0.39, 0.29) is 23.8 Å². The van der Waals surface area contributed by atoms with Gasteiger partial charge in [0.25, 0.3) is 5.91 Å². The molecule has 4 heterocycles. The minimum atomic E-state index is -1.41. The number of halogens is 1. The van der Waals surface area contributed by atoms with Crippen molar-refractivity contribution in [2.75, 3.05) is 38.5 Å². The first-order valence-electron chi connectivity index (χ1n) is 15.4. The summed E-state index contributed by atoms with van der Waals surface area (Å²) in [5.41, 5.74) is 5.61. The highest BCUT2D eigenvalue weighted by Gasteiger charge is 2.35. The fraction of sp³-hybridized carbons (Fsp3) is 0.412. The van der Waals surface area contributed by atoms with Crippen LogP contribution in [0, 0.1) is 18.3 Å². The second-order valence-electron chi connectivity index (χ2n) is 12.1. The normalized spacial score (nSPS) is 20.7. The van der Waals surface area contributed by atoms with Gasteiger partial charge in [-0.15, -0.1) is 5.10 Å². The number of ether oxygens (including phenoxy) is 1. The second kappa shape index (κ2) is 13.1. The van der Waals surface area contributed by atoms with E-state index in [2.05, 4.69) is 63.6 Å². The highest BCUT2D eigenvalue weighted by Crippen LogP contribution is 2.32. The Bertz CT molecular complexity index is 1690. The molecule has 2 aromatic carbocycles. The van der Waals surface area contributed by atoms with Gasteiger partial charge in [-0.25, -0.2) is 14.4 Å². The van der Waals surface area contributed by atoms with Crippen molar-refractivity contribution >= 4 is 28.8 Å². The minimum absolute atomic E-state index is 0.102. The summed E-state index contributed by atoms with van der Waals surface area (Å²) >= 11 is 0. The summed E-state index contributed by atoms with van der Waals surface area (Å²) in [6.45, 7) is 6.44. The quantitative estimate of drug-likeness (QED) is 0.381. The Labute approximate surface area is 262 Å². The first-order valence-corrected chi connectivity index (χ1v) is 15.4. The van der Waals surface area contributed by atoms with Gasteiger partial charge in [-0.1, -0.05) is 6.07 Å². The van der Waals surface area contributed by atoms with Crippen molar-refractivity contribution in [1.29, 1.82) is 5.26 Å². The molecule has 10 nitrogen and oxygen atoms in total. The van der Waals surface area contributed by atoms with Gasteiger partial charge in [0.2, 0.25) is 0 Å². The number of piperidine rings is 2. The zero-order valence-corrected chi connectivity index (χ0v) is 25.8. The van der Waals surface area contributed by atoms with Gasteiger partial charge < -0.3 is 19.9 Å². The lowest BCUT2D eigenvalue weighted by Crippen LogP contribution is -2.51. The van der Waals surface area contributed by atoms with Crippen molar-refractivity contribution < 1.29 is 13.9 Å². The van der Waals surface area contributed by atoms with E-state index in [1.165, 1.54) is 28.9 Å². The number of anilines is 2. The molecule has 1 amide bonds. The van der Waals surface area contributed by atoms with Gasteiger partial charge in [0.15, 0.2) is 12.0 Å². The molecular formula is C34H37FN8O2. The fourth-order valence-electron chi connectivity index (χ4n) is 6.23. The van der Waals surface area contributed by atoms with Crippen LogP contribution in [0.2, 0.25) is 0 Å². The van der Waals surface area contributed by atoms with Gasteiger partial charge in [0.1, 0.15) is 29.5 Å².